The summed E-state index contributed by atoms with van der Waals surface area (Å²) in [6.07, 6.45) is 1.64. The molecule has 110 valence electrons. The van der Waals surface area contributed by atoms with Crippen LogP contribution in [-0.2, 0) is 0 Å². The minimum absolute atomic E-state index is 0.334. The maximum atomic E-state index is 14.1. The van der Waals surface area contributed by atoms with Crippen molar-refractivity contribution in [2.24, 2.45) is 4.99 Å². The highest BCUT2D eigenvalue weighted by molar-refractivity contribution is 5.68. The summed E-state index contributed by atoms with van der Waals surface area (Å²) in [5.74, 6) is -0.334. The highest BCUT2D eigenvalue weighted by Crippen LogP contribution is 2.28. The van der Waals surface area contributed by atoms with Crippen molar-refractivity contribution in [1.82, 2.24) is 4.90 Å². The first kappa shape index (κ1) is 15.0. The molecule has 0 saturated carbocycles. The number of halogens is 1. The van der Waals surface area contributed by atoms with Crippen LogP contribution in [0.5, 0.6) is 0 Å². The molecule has 4 heteroatoms. The second-order valence-corrected chi connectivity index (χ2v) is 4.93. The third-order valence-electron chi connectivity index (χ3n) is 3.24. The quantitative estimate of drug-likeness (QED) is 0.647. The number of aliphatic imine (C=N–C) groups is 1. The van der Waals surface area contributed by atoms with E-state index in [4.69, 9.17) is 0 Å². The lowest BCUT2D eigenvalue weighted by Gasteiger charge is -2.12. The fourth-order valence-electron chi connectivity index (χ4n) is 1.82. The van der Waals surface area contributed by atoms with Crippen LogP contribution in [0, 0.1) is 12.7 Å². The van der Waals surface area contributed by atoms with Crippen molar-refractivity contribution in [3.63, 3.8) is 0 Å². The Bertz CT molecular complexity index is 623. The maximum Gasteiger partial charge on any atom is 0.150 e. The number of nitrogens with zero attached hydrogens (tertiary/aromatic N) is 2. The average molecular weight is 285 g/mol. The van der Waals surface area contributed by atoms with E-state index in [-0.39, 0.29) is 5.82 Å². The summed E-state index contributed by atoms with van der Waals surface area (Å²) in [5, 5.41) is 3.21. The van der Waals surface area contributed by atoms with Crippen molar-refractivity contribution in [2.45, 2.75) is 13.8 Å². The van der Waals surface area contributed by atoms with E-state index in [2.05, 4.69) is 10.3 Å². The Kier molecular flexibility index (Phi) is 4.93. The zero-order valence-corrected chi connectivity index (χ0v) is 12.6. The first-order valence-corrected chi connectivity index (χ1v) is 6.96. The van der Waals surface area contributed by atoms with Crippen molar-refractivity contribution in [2.75, 3.05) is 18.9 Å². The molecule has 0 saturated heterocycles. The van der Waals surface area contributed by atoms with Crippen molar-refractivity contribution in [1.29, 1.82) is 0 Å². The van der Waals surface area contributed by atoms with E-state index in [1.54, 1.807) is 12.4 Å². The molecule has 1 N–H and O–H groups in total. The predicted octanol–water partition coefficient (Wildman–Crippen LogP) is 4.49. The third-order valence-corrected chi connectivity index (χ3v) is 3.24. The molecule has 3 nitrogen and oxygen atoms in total. The van der Waals surface area contributed by atoms with Gasteiger partial charge in [0.05, 0.1) is 6.34 Å². The van der Waals surface area contributed by atoms with E-state index >= 15 is 0 Å². The smallest absolute Gasteiger partial charge is 0.150 e. The lowest BCUT2D eigenvalue weighted by Crippen LogP contribution is -2.14. The molecule has 0 spiro atoms. The molecule has 0 atom stereocenters. The van der Waals surface area contributed by atoms with Crippen LogP contribution < -0.4 is 5.32 Å². The van der Waals surface area contributed by atoms with Crippen LogP contribution in [0.2, 0.25) is 0 Å². The van der Waals surface area contributed by atoms with E-state index in [9.17, 15) is 4.39 Å². The van der Waals surface area contributed by atoms with Gasteiger partial charge in [-0.1, -0.05) is 18.2 Å². The van der Waals surface area contributed by atoms with E-state index in [1.807, 2.05) is 56.1 Å². The SMILES string of the molecule is CCN(C)C=Nc1cc(C)c(Nc2ccccc2)cc1F. The van der Waals surface area contributed by atoms with Gasteiger partial charge in [-0.15, -0.1) is 0 Å². The Morgan fingerprint density at radius 2 is 1.95 bits per heavy atom. The number of rotatable bonds is 5. The molecule has 0 amide bonds. The molecule has 0 aromatic heterocycles. The molecule has 0 radical (unpaired) electrons. The number of anilines is 2. The summed E-state index contributed by atoms with van der Waals surface area (Å²) < 4.78 is 14.1. The topological polar surface area (TPSA) is 27.6 Å². The average Bonchev–Trinajstić information content (AvgIpc) is 2.50. The minimum atomic E-state index is -0.334. The van der Waals surface area contributed by atoms with Gasteiger partial charge >= 0.3 is 0 Å². The van der Waals surface area contributed by atoms with Gasteiger partial charge in [0.1, 0.15) is 5.69 Å². The molecule has 0 unspecified atom stereocenters. The van der Waals surface area contributed by atoms with Crippen LogP contribution in [-0.4, -0.2) is 24.8 Å². The standard InChI is InChI=1S/C17H20FN3/c1-4-21(3)12-19-17-10-13(2)16(11-15(17)18)20-14-8-6-5-7-9-14/h5-12,20H,4H2,1-3H3. The Morgan fingerprint density at radius 3 is 2.62 bits per heavy atom. The first-order chi connectivity index (χ1) is 10.1. The van der Waals surface area contributed by atoms with Gasteiger partial charge in [0.25, 0.3) is 0 Å². The van der Waals surface area contributed by atoms with Crippen molar-refractivity contribution in [3.05, 3.63) is 53.8 Å². The zero-order chi connectivity index (χ0) is 15.2. The molecule has 0 aliphatic carbocycles. The Labute approximate surface area is 125 Å². The van der Waals surface area contributed by atoms with Crippen LogP contribution in [0.15, 0.2) is 47.5 Å². The van der Waals surface area contributed by atoms with E-state index in [0.717, 1.165) is 23.5 Å². The largest absolute Gasteiger partial charge is 0.366 e. The number of hydrogen-bond donors (Lipinski definition) is 1. The van der Waals surface area contributed by atoms with Gasteiger partial charge in [0.15, 0.2) is 5.82 Å². The van der Waals surface area contributed by atoms with Crippen molar-refractivity contribution < 1.29 is 4.39 Å². The van der Waals surface area contributed by atoms with Gasteiger partial charge in [-0.2, -0.15) is 0 Å². The van der Waals surface area contributed by atoms with Gasteiger partial charge < -0.3 is 10.2 Å². The molecule has 0 heterocycles. The molecule has 2 aromatic carbocycles. The fraction of sp³-hybridized carbons (Fsp3) is 0.235. The molecule has 0 fully saturated rings. The second-order valence-electron chi connectivity index (χ2n) is 4.93. The first-order valence-electron chi connectivity index (χ1n) is 6.96. The van der Waals surface area contributed by atoms with Crippen LogP contribution >= 0.6 is 0 Å². The van der Waals surface area contributed by atoms with Crippen LogP contribution in [0.1, 0.15) is 12.5 Å². The van der Waals surface area contributed by atoms with Gasteiger partial charge in [0, 0.05) is 25.0 Å². The molecule has 0 bridgehead atoms. The summed E-state index contributed by atoms with van der Waals surface area (Å²) in [5.41, 5.74) is 2.99. The van der Waals surface area contributed by atoms with Gasteiger partial charge in [-0.3, -0.25) is 0 Å². The predicted molar refractivity (Wildman–Crippen MR) is 87.3 cm³/mol. The van der Waals surface area contributed by atoms with E-state index in [1.165, 1.54) is 6.07 Å². The third kappa shape index (κ3) is 4.05. The second kappa shape index (κ2) is 6.88. The molecule has 0 aliphatic rings. The van der Waals surface area contributed by atoms with E-state index in [0.29, 0.717) is 5.69 Å². The lowest BCUT2D eigenvalue weighted by molar-refractivity contribution is 0.551. The number of hydrogen-bond acceptors (Lipinski definition) is 2. The maximum absolute atomic E-state index is 14.1. The molecule has 2 rings (SSSR count). The summed E-state index contributed by atoms with van der Waals surface area (Å²) in [7, 11) is 1.90. The van der Waals surface area contributed by atoms with Crippen LogP contribution in [0.25, 0.3) is 0 Å². The highest BCUT2D eigenvalue weighted by atomic mass is 19.1. The normalized spacial score (nSPS) is 10.9. The summed E-state index contributed by atoms with van der Waals surface area (Å²) in [4.78, 5) is 6.08. The van der Waals surface area contributed by atoms with Crippen molar-refractivity contribution in [3.8, 4) is 0 Å². The van der Waals surface area contributed by atoms with Gasteiger partial charge in [-0.25, -0.2) is 9.38 Å². The molecule has 2 aromatic rings. The molecule has 0 aliphatic heterocycles. The van der Waals surface area contributed by atoms with Crippen LogP contribution in [0.4, 0.5) is 21.5 Å². The summed E-state index contributed by atoms with van der Waals surface area (Å²) in [6.45, 7) is 4.78. The monoisotopic (exact) mass is 285 g/mol. The van der Waals surface area contributed by atoms with E-state index < -0.39 is 0 Å². The summed E-state index contributed by atoms with van der Waals surface area (Å²) in [6, 6.07) is 12.9. The van der Waals surface area contributed by atoms with Crippen molar-refractivity contribution >= 4 is 23.4 Å². The number of para-hydroxylation sites is 1. The molecule has 21 heavy (non-hydrogen) atoms. The zero-order valence-electron chi connectivity index (χ0n) is 12.6. The number of nitrogens with one attached hydrogen (secondary N) is 1. The number of aryl methyl sites for hydroxylation is 1. The Balaban J connectivity index is 2.23. The minimum Gasteiger partial charge on any atom is -0.366 e. The fourth-order valence-corrected chi connectivity index (χ4v) is 1.82. The van der Waals surface area contributed by atoms with Crippen LogP contribution in [0.3, 0.4) is 0 Å². The number of benzene rings is 2. The summed E-state index contributed by atoms with van der Waals surface area (Å²) >= 11 is 0. The lowest BCUT2D eigenvalue weighted by atomic mass is 10.1. The molecular weight excluding hydrogens is 265 g/mol. The Morgan fingerprint density at radius 1 is 1.24 bits per heavy atom. The van der Waals surface area contributed by atoms with Gasteiger partial charge in [-0.05, 0) is 43.7 Å². The highest BCUT2D eigenvalue weighted by Gasteiger charge is 2.07. The Hall–Kier alpha value is -2.36. The molecular formula is C17H20FN3. The van der Waals surface area contributed by atoms with Gasteiger partial charge in [0.2, 0.25) is 0 Å².